The maximum absolute atomic E-state index is 13.5. The summed E-state index contributed by atoms with van der Waals surface area (Å²) in [6.07, 6.45) is 0.274. The number of benzene rings is 2. The molecule has 0 saturated heterocycles. The van der Waals surface area contributed by atoms with E-state index >= 15 is 0 Å². The molecule has 0 heterocycles. The van der Waals surface area contributed by atoms with E-state index in [1.54, 1.807) is 13.8 Å². The smallest absolute Gasteiger partial charge is 0.304 e. The first kappa shape index (κ1) is 27.2. The van der Waals surface area contributed by atoms with Crippen LogP contribution in [0.2, 0.25) is 0 Å². The number of hydrogen-bond acceptors (Lipinski definition) is 4. The summed E-state index contributed by atoms with van der Waals surface area (Å²) in [4.78, 5) is 27.5. The van der Waals surface area contributed by atoms with Gasteiger partial charge in [0.1, 0.15) is 24.2 Å². The molecule has 1 N–H and O–H groups in total. The maximum atomic E-state index is 13.5. The van der Waals surface area contributed by atoms with Gasteiger partial charge in [-0.05, 0) is 55.3 Å². The van der Waals surface area contributed by atoms with E-state index < -0.39 is 40.3 Å². The van der Waals surface area contributed by atoms with Crippen LogP contribution in [0.5, 0.6) is 0 Å². The maximum Gasteiger partial charge on any atom is 0.304 e. The van der Waals surface area contributed by atoms with E-state index in [-0.39, 0.29) is 24.6 Å². The molecule has 0 saturated carbocycles. The van der Waals surface area contributed by atoms with Crippen molar-refractivity contribution in [3.63, 3.8) is 0 Å². The number of amides is 2. The third-order valence-electron chi connectivity index (χ3n) is 5.14. The van der Waals surface area contributed by atoms with Gasteiger partial charge in [0.25, 0.3) is 0 Å². The Hall–Kier alpha value is -3.05. The van der Waals surface area contributed by atoms with Crippen LogP contribution in [-0.2, 0) is 26.3 Å². The van der Waals surface area contributed by atoms with E-state index in [0.29, 0.717) is 12.1 Å². The first-order valence-electron chi connectivity index (χ1n) is 10.8. The minimum Gasteiger partial charge on any atom is -0.355 e. The minimum atomic E-state index is -4.13. The van der Waals surface area contributed by atoms with Crippen molar-refractivity contribution in [1.82, 2.24) is 14.5 Å². The largest absolute Gasteiger partial charge is 0.355 e. The molecule has 2 amide bonds. The predicted octanol–water partition coefficient (Wildman–Crippen LogP) is 2.52. The average molecular weight is 497 g/mol. The summed E-state index contributed by atoms with van der Waals surface area (Å²) in [5, 5.41) is 2.69. The van der Waals surface area contributed by atoms with Crippen molar-refractivity contribution >= 4 is 27.7 Å². The van der Waals surface area contributed by atoms with E-state index in [2.05, 4.69) is 5.32 Å². The highest BCUT2D eigenvalue weighted by molar-refractivity contribution is 7.90. The second-order valence-electron chi connectivity index (χ2n) is 7.74. The van der Waals surface area contributed by atoms with Crippen LogP contribution in [0.15, 0.2) is 48.5 Å². The third-order valence-corrected chi connectivity index (χ3v) is 6.96. The molecule has 8 nitrogen and oxygen atoms in total. The fourth-order valence-corrected chi connectivity index (χ4v) is 4.38. The molecule has 2 aromatic carbocycles. The zero-order chi connectivity index (χ0) is 25.5. The van der Waals surface area contributed by atoms with Crippen LogP contribution in [0, 0.1) is 11.6 Å². The molecular weight excluding hydrogens is 466 g/mol. The lowest BCUT2D eigenvalue weighted by molar-refractivity contribution is -0.140. The first-order valence-corrected chi connectivity index (χ1v) is 12.2. The van der Waals surface area contributed by atoms with E-state index in [1.807, 2.05) is 0 Å². The van der Waals surface area contributed by atoms with Gasteiger partial charge in [-0.2, -0.15) is 12.7 Å². The summed E-state index contributed by atoms with van der Waals surface area (Å²) in [6, 6.07) is 9.30. The van der Waals surface area contributed by atoms with Crippen molar-refractivity contribution in [3.05, 3.63) is 65.7 Å². The van der Waals surface area contributed by atoms with Gasteiger partial charge in [-0.25, -0.2) is 13.1 Å². The van der Waals surface area contributed by atoms with Gasteiger partial charge in [0.2, 0.25) is 11.8 Å². The fraction of sp³-hybridized carbons (Fsp3) is 0.391. The number of anilines is 1. The van der Waals surface area contributed by atoms with Crippen molar-refractivity contribution in [2.75, 3.05) is 31.5 Å². The zero-order valence-electron chi connectivity index (χ0n) is 19.7. The quantitative estimate of drug-likeness (QED) is 0.518. The number of carbonyl (C=O) groups excluding carboxylic acids is 2. The van der Waals surface area contributed by atoms with Crippen LogP contribution in [-0.4, -0.2) is 62.7 Å². The highest BCUT2D eigenvalue weighted by Crippen LogP contribution is 2.22. The Morgan fingerprint density at radius 2 is 1.47 bits per heavy atom. The van der Waals surface area contributed by atoms with E-state index in [0.717, 1.165) is 20.7 Å². The molecule has 1 atom stereocenters. The van der Waals surface area contributed by atoms with Crippen LogP contribution < -0.4 is 9.62 Å². The molecule has 11 heteroatoms. The summed E-state index contributed by atoms with van der Waals surface area (Å²) >= 11 is 0. The van der Waals surface area contributed by atoms with Gasteiger partial charge in [-0.3, -0.25) is 9.59 Å². The summed E-state index contributed by atoms with van der Waals surface area (Å²) in [5.74, 6) is -2.03. The second-order valence-corrected chi connectivity index (χ2v) is 9.81. The lowest BCUT2D eigenvalue weighted by Gasteiger charge is -2.33. The number of carbonyl (C=O) groups is 2. The molecule has 0 aromatic heterocycles. The van der Waals surface area contributed by atoms with Crippen molar-refractivity contribution in [3.8, 4) is 0 Å². The molecule has 186 valence electrons. The van der Waals surface area contributed by atoms with Crippen LogP contribution >= 0.6 is 0 Å². The number of hydrogen-bond donors (Lipinski definition) is 1. The highest BCUT2D eigenvalue weighted by atomic mass is 32.2. The Morgan fingerprint density at radius 3 is 1.94 bits per heavy atom. The standard InChI is InChI=1S/C23H30F2N4O4S/c1-5-21(23(31)26-6-2)28(15-17-7-9-18(24)10-8-17)22(30)16-29(34(32,33)27(3)4)20-13-11-19(25)12-14-20/h7-14,21H,5-6,15-16H2,1-4H3,(H,26,31). The normalized spacial score (nSPS) is 12.3. The topological polar surface area (TPSA) is 90.0 Å². The number of halogens is 2. The molecule has 2 rings (SSSR count). The van der Waals surface area contributed by atoms with E-state index in [9.17, 15) is 26.8 Å². The molecule has 0 bridgehead atoms. The summed E-state index contributed by atoms with van der Waals surface area (Å²) in [7, 11) is -1.50. The SMILES string of the molecule is CCNC(=O)C(CC)N(Cc1ccc(F)cc1)C(=O)CN(c1ccc(F)cc1)S(=O)(=O)N(C)C. The van der Waals surface area contributed by atoms with Gasteiger partial charge in [0, 0.05) is 27.2 Å². The van der Waals surface area contributed by atoms with E-state index in [1.165, 1.54) is 55.4 Å². The van der Waals surface area contributed by atoms with Crippen LogP contribution in [0.25, 0.3) is 0 Å². The predicted molar refractivity (Wildman–Crippen MR) is 126 cm³/mol. The van der Waals surface area contributed by atoms with E-state index in [4.69, 9.17) is 0 Å². The summed E-state index contributed by atoms with van der Waals surface area (Å²) < 4.78 is 54.7. The van der Waals surface area contributed by atoms with Crippen LogP contribution in [0.1, 0.15) is 25.8 Å². The van der Waals surface area contributed by atoms with Gasteiger partial charge < -0.3 is 10.2 Å². The zero-order valence-corrected chi connectivity index (χ0v) is 20.5. The van der Waals surface area contributed by atoms with Crippen molar-refractivity contribution in [1.29, 1.82) is 0 Å². The third kappa shape index (κ3) is 6.73. The Kier molecular flexibility index (Phi) is 9.51. The lowest BCUT2D eigenvalue weighted by atomic mass is 10.1. The van der Waals surface area contributed by atoms with Gasteiger partial charge in [-0.1, -0.05) is 19.1 Å². The summed E-state index contributed by atoms with van der Waals surface area (Å²) in [6.45, 7) is 3.18. The molecule has 0 aliphatic heterocycles. The number of rotatable bonds is 11. The average Bonchev–Trinajstić information content (AvgIpc) is 2.79. The molecule has 0 aliphatic carbocycles. The first-order chi connectivity index (χ1) is 16.0. The highest BCUT2D eigenvalue weighted by Gasteiger charge is 2.33. The van der Waals surface area contributed by atoms with Gasteiger partial charge >= 0.3 is 10.2 Å². The Labute approximate surface area is 199 Å². The van der Waals surface area contributed by atoms with Gasteiger partial charge in [-0.15, -0.1) is 0 Å². The molecule has 0 aliphatic rings. The Bertz CT molecular complexity index is 1080. The monoisotopic (exact) mass is 496 g/mol. The van der Waals surface area contributed by atoms with Crippen molar-refractivity contribution in [2.45, 2.75) is 32.9 Å². The molecule has 2 aromatic rings. The molecule has 0 fully saturated rings. The second kappa shape index (κ2) is 11.9. The van der Waals surface area contributed by atoms with Crippen molar-refractivity contribution in [2.24, 2.45) is 0 Å². The molecule has 34 heavy (non-hydrogen) atoms. The Morgan fingerprint density at radius 1 is 0.941 bits per heavy atom. The van der Waals surface area contributed by atoms with Crippen LogP contribution in [0.4, 0.5) is 14.5 Å². The number of likely N-dealkylation sites (N-methyl/N-ethyl adjacent to an activating group) is 1. The minimum absolute atomic E-state index is 0.0337. The fourth-order valence-electron chi connectivity index (χ4n) is 3.32. The molecule has 1 unspecified atom stereocenters. The molecular formula is C23H30F2N4O4S. The van der Waals surface area contributed by atoms with Gasteiger partial charge in [0.05, 0.1) is 5.69 Å². The number of nitrogens with zero attached hydrogens (tertiary/aromatic N) is 3. The number of nitrogens with one attached hydrogen (secondary N) is 1. The lowest BCUT2D eigenvalue weighted by Crippen LogP contribution is -2.53. The van der Waals surface area contributed by atoms with Crippen molar-refractivity contribution < 1.29 is 26.8 Å². The van der Waals surface area contributed by atoms with Crippen LogP contribution in [0.3, 0.4) is 0 Å². The van der Waals surface area contributed by atoms with Gasteiger partial charge in [0.15, 0.2) is 0 Å². The summed E-state index contributed by atoms with van der Waals surface area (Å²) in [5.41, 5.74) is 0.664. The molecule has 0 radical (unpaired) electrons. The molecule has 0 spiro atoms. The Balaban J connectivity index is 2.47.